The molecule has 1 aromatic rings. The molecule has 11 heteroatoms. The van der Waals surface area contributed by atoms with Gasteiger partial charge in [0.25, 0.3) is 0 Å². The highest BCUT2D eigenvalue weighted by atomic mass is 35.5. The molecule has 0 bridgehead atoms. The van der Waals surface area contributed by atoms with Crippen molar-refractivity contribution in [3.8, 4) is 11.5 Å². The fourth-order valence-corrected chi connectivity index (χ4v) is 3.98. The van der Waals surface area contributed by atoms with Crippen LogP contribution in [0.5, 0.6) is 11.5 Å². The van der Waals surface area contributed by atoms with Gasteiger partial charge in [-0.15, -0.1) is 0 Å². The standard InChI is InChI=1S/C23H33ClN4O6/c1-23(2,3)34-22(31)26-7-6-25-21(30)15-5-4-8-28(13-15)14-20(29)27-17-12-19-18(11-16(17)24)32-9-10-33-19/h11-12,15H,4-10,13-14H2,1-3H3,(H,25,30)(H,26,31)(H,27,29). The fourth-order valence-electron chi connectivity index (χ4n) is 3.77. The van der Waals surface area contributed by atoms with Crippen molar-refractivity contribution in [3.63, 3.8) is 0 Å². The van der Waals surface area contributed by atoms with Gasteiger partial charge in [0.05, 0.1) is 23.2 Å². The number of hydrogen-bond donors (Lipinski definition) is 3. The van der Waals surface area contributed by atoms with Gasteiger partial charge in [-0.25, -0.2) is 4.79 Å². The van der Waals surface area contributed by atoms with Crippen LogP contribution in [0.2, 0.25) is 5.02 Å². The van der Waals surface area contributed by atoms with Gasteiger partial charge in [0.15, 0.2) is 11.5 Å². The average Bonchev–Trinajstić information content (AvgIpc) is 2.76. The number of nitrogens with zero attached hydrogens (tertiary/aromatic N) is 1. The monoisotopic (exact) mass is 496 g/mol. The number of carbonyl (C=O) groups excluding carboxylic acids is 3. The molecule has 0 radical (unpaired) electrons. The number of ether oxygens (including phenoxy) is 3. The highest BCUT2D eigenvalue weighted by Crippen LogP contribution is 2.38. The van der Waals surface area contributed by atoms with E-state index in [1.165, 1.54) is 0 Å². The van der Waals surface area contributed by atoms with Crippen LogP contribution < -0.4 is 25.4 Å². The van der Waals surface area contributed by atoms with E-state index in [0.717, 1.165) is 19.4 Å². The summed E-state index contributed by atoms with van der Waals surface area (Å²) < 4.78 is 16.2. The molecule has 0 aliphatic carbocycles. The minimum atomic E-state index is -0.571. The second kappa shape index (κ2) is 11.6. The van der Waals surface area contributed by atoms with Gasteiger partial charge in [0.2, 0.25) is 11.8 Å². The van der Waals surface area contributed by atoms with Crippen molar-refractivity contribution in [3.05, 3.63) is 17.2 Å². The number of piperidine rings is 1. The third kappa shape index (κ3) is 7.95. The van der Waals surface area contributed by atoms with Crippen molar-refractivity contribution in [1.82, 2.24) is 15.5 Å². The van der Waals surface area contributed by atoms with Crippen molar-refractivity contribution in [2.45, 2.75) is 39.2 Å². The quantitative estimate of drug-likeness (QED) is 0.496. The van der Waals surface area contributed by atoms with Crippen LogP contribution in [0.3, 0.4) is 0 Å². The van der Waals surface area contributed by atoms with E-state index in [4.69, 9.17) is 25.8 Å². The van der Waals surface area contributed by atoms with Crippen LogP contribution in [-0.4, -0.2) is 74.3 Å². The van der Waals surface area contributed by atoms with E-state index >= 15 is 0 Å². The van der Waals surface area contributed by atoms with E-state index in [1.807, 2.05) is 4.90 Å². The first-order chi connectivity index (χ1) is 16.1. The number of nitrogens with one attached hydrogen (secondary N) is 3. The van der Waals surface area contributed by atoms with E-state index in [-0.39, 0.29) is 30.8 Å². The number of likely N-dealkylation sites (tertiary alicyclic amines) is 1. The summed E-state index contributed by atoms with van der Waals surface area (Å²) in [6, 6.07) is 3.29. The molecule has 1 saturated heterocycles. The number of rotatable bonds is 7. The minimum Gasteiger partial charge on any atom is -0.486 e. The molecule has 3 rings (SSSR count). The van der Waals surface area contributed by atoms with Crippen LogP contribution in [-0.2, 0) is 14.3 Å². The van der Waals surface area contributed by atoms with Gasteiger partial charge in [-0.05, 0) is 40.2 Å². The SMILES string of the molecule is CC(C)(C)OC(=O)NCCNC(=O)C1CCCN(CC(=O)Nc2cc3c(cc2Cl)OCCO3)C1. The molecule has 2 heterocycles. The highest BCUT2D eigenvalue weighted by Gasteiger charge is 2.27. The molecule has 34 heavy (non-hydrogen) atoms. The predicted octanol–water partition coefficient (Wildman–Crippen LogP) is 2.40. The van der Waals surface area contributed by atoms with E-state index < -0.39 is 11.7 Å². The fraction of sp³-hybridized carbons (Fsp3) is 0.609. The lowest BCUT2D eigenvalue weighted by atomic mass is 9.97. The Labute approximate surface area is 204 Å². The number of alkyl carbamates (subject to hydrolysis) is 1. The molecule has 0 saturated carbocycles. The summed E-state index contributed by atoms with van der Waals surface area (Å²) in [6.45, 7) is 8.19. The van der Waals surface area contributed by atoms with Gasteiger partial charge in [-0.1, -0.05) is 11.6 Å². The Morgan fingerprint density at radius 1 is 1.12 bits per heavy atom. The smallest absolute Gasteiger partial charge is 0.407 e. The third-order valence-corrected chi connectivity index (χ3v) is 5.55. The number of halogens is 1. The van der Waals surface area contributed by atoms with Crippen molar-refractivity contribution >= 4 is 35.2 Å². The zero-order valence-electron chi connectivity index (χ0n) is 19.9. The number of carbonyl (C=O) groups is 3. The average molecular weight is 497 g/mol. The first-order valence-electron chi connectivity index (χ1n) is 11.5. The Balaban J connectivity index is 1.41. The van der Waals surface area contributed by atoms with Crippen LogP contribution in [0.1, 0.15) is 33.6 Å². The topological polar surface area (TPSA) is 118 Å². The Hall–Kier alpha value is -2.72. The van der Waals surface area contributed by atoms with Crippen molar-refractivity contribution < 1.29 is 28.6 Å². The van der Waals surface area contributed by atoms with Crippen molar-refractivity contribution in [2.75, 3.05) is 51.3 Å². The molecule has 0 spiro atoms. The lowest BCUT2D eigenvalue weighted by Crippen LogP contribution is -2.46. The molecular formula is C23H33ClN4O6. The highest BCUT2D eigenvalue weighted by molar-refractivity contribution is 6.34. The Morgan fingerprint density at radius 3 is 2.50 bits per heavy atom. The molecule has 2 aliphatic heterocycles. The van der Waals surface area contributed by atoms with E-state index in [9.17, 15) is 14.4 Å². The van der Waals surface area contributed by atoms with Gasteiger partial charge in [-0.2, -0.15) is 0 Å². The molecule has 1 atom stereocenters. The summed E-state index contributed by atoms with van der Waals surface area (Å²) >= 11 is 6.27. The van der Waals surface area contributed by atoms with Crippen LogP contribution in [0.15, 0.2) is 12.1 Å². The maximum absolute atomic E-state index is 12.6. The van der Waals surface area contributed by atoms with Crippen LogP contribution in [0.4, 0.5) is 10.5 Å². The summed E-state index contributed by atoms with van der Waals surface area (Å²) in [5, 5.41) is 8.64. The molecule has 3 amide bonds. The third-order valence-electron chi connectivity index (χ3n) is 5.24. The number of hydrogen-bond acceptors (Lipinski definition) is 7. The van der Waals surface area contributed by atoms with Gasteiger partial charge < -0.3 is 30.2 Å². The van der Waals surface area contributed by atoms with Gasteiger partial charge in [-0.3, -0.25) is 14.5 Å². The molecule has 1 fully saturated rings. The van der Waals surface area contributed by atoms with Crippen LogP contribution in [0.25, 0.3) is 0 Å². The summed E-state index contributed by atoms with van der Waals surface area (Å²) in [5.41, 5.74) is -0.113. The Bertz CT molecular complexity index is 904. The van der Waals surface area contributed by atoms with Crippen LogP contribution >= 0.6 is 11.6 Å². The number of amides is 3. The lowest BCUT2D eigenvalue weighted by Gasteiger charge is -2.31. The minimum absolute atomic E-state index is 0.0917. The second-order valence-corrected chi connectivity index (χ2v) is 9.73. The first kappa shape index (κ1) is 25.9. The molecule has 1 unspecified atom stereocenters. The summed E-state index contributed by atoms with van der Waals surface area (Å²) in [7, 11) is 0. The normalized spacial score (nSPS) is 18.1. The molecule has 3 N–H and O–H groups in total. The van der Waals surface area contributed by atoms with Crippen LogP contribution in [0, 0.1) is 5.92 Å². The maximum Gasteiger partial charge on any atom is 0.407 e. The van der Waals surface area contributed by atoms with Gasteiger partial charge >= 0.3 is 6.09 Å². The molecular weight excluding hydrogens is 464 g/mol. The molecule has 0 aromatic heterocycles. The zero-order valence-corrected chi connectivity index (χ0v) is 20.6. The van der Waals surface area contributed by atoms with Gasteiger partial charge in [0, 0.05) is 31.8 Å². The maximum atomic E-state index is 12.6. The van der Waals surface area contributed by atoms with Crippen molar-refractivity contribution in [2.24, 2.45) is 5.92 Å². The number of fused-ring (bicyclic) bond motifs is 1. The lowest BCUT2D eigenvalue weighted by molar-refractivity contribution is -0.127. The summed E-state index contributed by atoms with van der Waals surface area (Å²) in [6.07, 6.45) is 1.04. The number of anilines is 1. The Morgan fingerprint density at radius 2 is 1.79 bits per heavy atom. The molecule has 1 aromatic carbocycles. The largest absolute Gasteiger partial charge is 0.486 e. The predicted molar refractivity (Wildman–Crippen MR) is 127 cm³/mol. The number of benzene rings is 1. The van der Waals surface area contributed by atoms with E-state index in [2.05, 4.69) is 16.0 Å². The van der Waals surface area contributed by atoms with E-state index in [1.54, 1.807) is 32.9 Å². The Kier molecular flexibility index (Phi) is 8.84. The molecule has 10 nitrogen and oxygen atoms in total. The molecule has 188 valence electrons. The van der Waals surface area contributed by atoms with E-state index in [0.29, 0.717) is 48.5 Å². The second-order valence-electron chi connectivity index (χ2n) is 9.32. The summed E-state index contributed by atoms with van der Waals surface area (Å²) in [4.78, 5) is 38.8. The van der Waals surface area contributed by atoms with Gasteiger partial charge in [0.1, 0.15) is 18.8 Å². The molecule has 2 aliphatic rings. The zero-order chi connectivity index (χ0) is 24.7. The first-order valence-corrected chi connectivity index (χ1v) is 11.8. The summed E-state index contributed by atoms with van der Waals surface area (Å²) in [5.74, 6) is 0.565. The van der Waals surface area contributed by atoms with Crippen molar-refractivity contribution in [1.29, 1.82) is 0 Å².